The first-order valence-corrected chi connectivity index (χ1v) is 7.23. The first-order valence-electron chi connectivity index (χ1n) is 7.23. The van der Waals surface area contributed by atoms with Crippen molar-refractivity contribution in [2.75, 3.05) is 26.4 Å². The molecule has 0 atom stereocenters. The zero-order valence-electron chi connectivity index (χ0n) is 13.8. The molecule has 128 valence electrons. The van der Waals surface area contributed by atoms with Crippen LogP contribution in [0.4, 0.5) is 5.69 Å². The highest BCUT2D eigenvalue weighted by molar-refractivity contribution is 5.93. The number of ether oxygens (including phenoxy) is 2. The van der Waals surface area contributed by atoms with Crippen LogP contribution >= 0.6 is 0 Å². The summed E-state index contributed by atoms with van der Waals surface area (Å²) in [6, 6.07) is 11.7. The fourth-order valence-electron chi connectivity index (χ4n) is 2.19. The second-order valence-corrected chi connectivity index (χ2v) is 5.41. The molecule has 0 aromatic heterocycles. The van der Waals surface area contributed by atoms with Gasteiger partial charge >= 0.3 is 5.97 Å². The molecule has 0 aliphatic heterocycles. The van der Waals surface area contributed by atoms with E-state index in [2.05, 4.69) is 0 Å². The summed E-state index contributed by atoms with van der Waals surface area (Å²) in [6.45, 7) is 0.670. The average Bonchev–Trinajstić information content (AvgIpc) is 2.55. The molecule has 0 radical (unpaired) electrons. The Morgan fingerprint density at radius 2 is 1.79 bits per heavy atom. The maximum Gasteiger partial charge on any atom is 0.341 e. The molecule has 2 rings (SSSR count). The number of benzene rings is 2. The minimum atomic E-state index is -0.640. The van der Waals surface area contributed by atoms with Gasteiger partial charge in [0.1, 0.15) is 17.1 Å². The van der Waals surface area contributed by atoms with E-state index < -0.39 is 5.97 Å². The van der Waals surface area contributed by atoms with E-state index in [0.717, 1.165) is 5.56 Å². The van der Waals surface area contributed by atoms with Crippen LogP contribution in [0, 0.1) is 0 Å². The molecule has 2 aromatic rings. The standard InChI is InChI=1S/C17H20N2O5/c1-18(2)11-12-6-4-5-7-15(12)24-16-9-8-13(19(21)22)10-14(16)17(20)23-3/h4-10,21-22H,11H2,1-3H3. The molecule has 0 bridgehead atoms. The molecule has 0 heterocycles. The van der Waals surface area contributed by atoms with Crippen LogP contribution in [-0.2, 0) is 11.3 Å². The minimum absolute atomic E-state index is 0.0179. The van der Waals surface area contributed by atoms with Gasteiger partial charge in [-0.3, -0.25) is 10.4 Å². The SMILES string of the molecule is COC(=O)c1cc(N(O)O)ccc1Oc1ccccc1CN(C)C. The quantitative estimate of drug-likeness (QED) is 0.621. The number of esters is 1. The fourth-order valence-corrected chi connectivity index (χ4v) is 2.19. The molecule has 7 nitrogen and oxygen atoms in total. The van der Waals surface area contributed by atoms with Gasteiger partial charge in [0.2, 0.25) is 0 Å². The third kappa shape index (κ3) is 4.23. The maximum atomic E-state index is 12.0. The Labute approximate surface area is 140 Å². The van der Waals surface area contributed by atoms with E-state index in [0.29, 0.717) is 12.3 Å². The summed E-state index contributed by atoms with van der Waals surface area (Å²) in [7, 11) is 5.14. The summed E-state index contributed by atoms with van der Waals surface area (Å²) in [5, 5.41) is 18.2. The number of carbonyl (C=O) groups excluding carboxylic acids is 1. The van der Waals surface area contributed by atoms with Crippen molar-refractivity contribution in [3.8, 4) is 11.5 Å². The molecule has 0 unspecified atom stereocenters. The van der Waals surface area contributed by atoms with Crippen molar-refractivity contribution in [2.45, 2.75) is 6.54 Å². The van der Waals surface area contributed by atoms with Crippen LogP contribution in [-0.4, -0.2) is 42.5 Å². The Bertz CT molecular complexity index is 716. The number of methoxy groups -OCH3 is 1. The Balaban J connectivity index is 2.41. The molecular weight excluding hydrogens is 312 g/mol. The summed E-state index contributed by atoms with van der Waals surface area (Å²) < 4.78 is 10.6. The van der Waals surface area contributed by atoms with Gasteiger partial charge in [-0.05, 0) is 38.4 Å². The summed E-state index contributed by atoms with van der Waals surface area (Å²) in [5.74, 6) is 0.228. The molecular formula is C17H20N2O5. The molecule has 0 amide bonds. The van der Waals surface area contributed by atoms with E-state index in [4.69, 9.17) is 19.9 Å². The van der Waals surface area contributed by atoms with Crippen molar-refractivity contribution in [3.05, 3.63) is 53.6 Å². The van der Waals surface area contributed by atoms with Gasteiger partial charge in [-0.1, -0.05) is 18.2 Å². The lowest BCUT2D eigenvalue weighted by Gasteiger charge is -2.17. The molecule has 2 N–H and O–H groups in total. The van der Waals surface area contributed by atoms with E-state index in [-0.39, 0.29) is 22.2 Å². The van der Waals surface area contributed by atoms with Crippen molar-refractivity contribution >= 4 is 11.7 Å². The molecule has 0 aliphatic carbocycles. The third-order valence-corrected chi connectivity index (χ3v) is 3.28. The Morgan fingerprint density at radius 3 is 2.42 bits per heavy atom. The number of hydrogen-bond acceptors (Lipinski definition) is 7. The predicted molar refractivity (Wildman–Crippen MR) is 87.7 cm³/mol. The smallest absolute Gasteiger partial charge is 0.341 e. The molecule has 2 aromatic carbocycles. The zero-order valence-corrected chi connectivity index (χ0v) is 13.8. The monoisotopic (exact) mass is 332 g/mol. The van der Waals surface area contributed by atoms with Gasteiger partial charge in [-0.25, -0.2) is 4.79 Å². The van der Waals surface area contributed by atoms with E-state index in [1.165, 1.54) is 25.3 Å². The molecule has 7 heteroatoms. The summed E-state index contributed by atoms with van der Waals surface area (Å²) in [4.78, 5) is 14.0. The average molecular weight is 332 g/mol. The van der Waals surface area contributed by atoms with Gasteiger partial charge < -0.3 is 14.4 Å². The van der Waals surface area contributed by atoms with Gasteiger partial charge in [-0.15, -0.1) is 5.23 Å². The van der Waals surface area contributed by atoms with Crippen molar-refractivity contribution in [3.63, 3.8) is 0 Å². The fraction of sp³-hybridized carbons (Fsp3) is 0.235. The van der Waals surface area contributed by atoms with Gasteiger partial charge in [-0.2, -0.15) is 0 Å². The number of anilines is 1. The Morgan fingerprint density at radius 1 is 1.08 bits per heavy atom. The van der Waals surface area contributed by atoms with Crippen LogP contribution in [0.15, 0.2) is 42.5 Å². The Hall–Kier alpha value is -2.61. The van der Waals surface area contributed by atoms with E-state index in [9.17, 15) is 4.79 Å². The molecule has 0 aliphatic rings. The number of hydrogen-bond donors (Lipinski definition) is 2. The van der Waals surface area contributed by atoms with Crippen molar-refractivity contribution < 1.29 is 24.7 Å². The summed E-state index contributed by atoms with van der Waals surface area (Å²) >= 11 is 0. The van der Waals surface area contributed by atoms with E-state index in [1.54, 1.807) is 6.07 Å². The van der Waals surface area contributed by atoms with Crippen LogP contribution in [0.2, 0.25) is 0 Å². The van der Waals surface area contributed by atoms with Gasteiger partial charge in [0, 0.05) is 12.1 Å². The number of para-hydroxylation sites is 1. The highest BCUT2D eigenvalue weighted by Crippen LogP contribution is 2.31. The maximum absolute atomic E-state index is 12.0. The lowest BCUT2D eigenvalue weighted by molar-refractivity contribution is 0.0291. The molecule has 0 saturated carbocycles. The van der Waals surface area contributed by atoms with Crippen molar-refractivity contribution in [1.29, 1.82) is 0 Å². The summed E-state index contributed by atoms with van der Waals surface area (Å²) in [6.07, 6.45) is 0. The highest BCUT2D eigenvalue weighted by Gasteiger charge is 2.17. The predicted octanol–water partition coefficient (Wildman–Crippen LogP) is 2.91. The minimum Gasteiger partial charge on any atom is -0.465 e. The van der Waals surface area contributed by atoms with E-state index in [1.807, 2.05) is 37.2 Å². The molecule has 0 saturated heterocycles. The van der Waals surface area contributed by atoms with Crippen molar-refractivity contribution in [2.24, 2.45) is 0 Å². The summed E-state index contributed by atoms with van der Waals surface area (Å²) in [5.41, 5.74) is 1.06. The number of carbonyl (C=O) groups is 1. The Kier molecular flexibility index (Phi) is 5.75. The van der Waals surface area contributed by atoms with E-state index >= 15 is 0 Å². The first kappa shape index (κ1) is 17.7. The largest absolute Gasteiger partial charge is 0.465 e. The lowest BCUT2D eigenvalue weighted by Crippen LogP contribution is -2.13. The molecule has 0 fully saturated rings. The van der Waals surface area contributed by atoms with Crippen LogP contribution in [0.1, 0.15) is 15.9 Å². The molecule has 0 spiro atoms. The van der Waals surface area contributed by atoms with Crippen LogP contribution in [0.3, 0.4) is 0 Å². The topological polar surface area (TPSA) is 82.5 Å². The van der Waals surface area contributed by atoms with Gasteiger partial charge in [0.15, 0.2) is 0 Å². The van der Waals surface area contributed by atoms with Gasteiger partial charge in [0.25, 0.3) is 0 Å². The highest BCUT2D eigenvalue weighted by atomic mass is 16.8. The van der Waals surface area contributed by atoms with Crippen LogP contribution in [0.5, 0.6) is 11.5 Å². The molecule has 24 heavy (non-hydrogen) atoms. The first-order chi connectivity index (χ1) is 11.4. The zero-order chi connectivity index (χ0) is 17.7. The van der Waals surface area contributed by atoms with Crippen molar-refractivity contribution in [1.82, 2.24) is 4.90 Å². The number of rotatable bonds is 6. The van der Waals surface area contributed by atoms with Crippen LogP contribution in [0.25, 0.3) is 0 Å². The van der Waals surface area contributed by atoms with Crippen LogP contribution < -0.4 is 9.96 Å². The normalized spacial score (nSPS) is 10.6. The lowest BCUT2D eigenvalue weighted by atomic mass is 10.1. The second kappa shape index (κ2) is 7.78. The number of nitrogens with zero attached hydrogens (tertiary/aromatic N) is 2. The second-order valence-electron chi connectivity index (χ2n) is 5.41. The van der Waals surface area contributed by atoms with Gasteiger partial charge in [0.05, 0.1) is 12.8 Å². The third-order valence-electron chi connectivity index (χ3n) is 3.28.